The zero-order chi connectivity index (χ0) is 22.1. The molecule has 7 heteroatoms. The molecule has 0 spiro atoms. The van der Waals surface area contributed by atoms with E-state index in [0.29, 0.717) is 42.5 Å². The number of aryl methyl sites for hydroxylation is 3. The van der Waals surface area contributed by atoms with Crippen LogP contribution < -0.4 is 15.0 Å². The van der Waals surface area contributed by atoms with Crippen LogP contribution in [0.15, 0.2) is 41.6 Å². The molecule has 7 nitrogen and oxygen atoms in total. The molecule has 0 bridgehead atoms. The van der Waals surface area contributed by atoms with Crippen LogP contribution >= 0.6 is 0 Å². The summed E-state index contributed by atoms with van der Waals surface area (Å²) in [5.74, 6) is 3.17. The normalized spacial score (nSPS) is 19.8. The van der Waals surface area contributed by atoms with E-state index in [1.807, 2.05) is 38.2 Å². The van der Waals surface area contributed by atoms with Gasteiger partial charge in [-0.05, 0) is 37.5 Å². The maximum Gasteiger partial charge on any atom is 0.253 e. The maximum absolute atomic E-state index is 12.3. The highest BCUT2D eigenvalue weighted by atomic mass is 16.5. The van der Waals surface area contributed by atoms with E-state index in [-0.39, 0.29) is 5.56 Å². The van der Waals surface area contributed by atoms with Gasteiger partial charge in [0.05, 0.1) is 25.5 Å². The molecule has 1 aliphatic carbocycles. The molecule has 0 aromatic carbocycles. The predicted octanol–water partition coefficient (Wildman–Crippen LogP) is 3.55. The van der Waals surface area contributed by atoms with Gasteiger partial charge in [-0.1, -0.05) is 13.8 Å². The fourth-order valence-corrected chi connectivity index (χ4v) is 4.11. The van der Waals surface area contributed by atoms with E-state index in [2.05, 4.69) is 21.9 Å². The van der Waals surface area contributed by atoms with Crippen molar-refractivity contribution >= 4 is 0 Å². The van der Waals surface area contributed by atoms with E-state index < -0.39 is 0 Å². The Bertz CT molecular complexity index is 1140. The van der Waals surface area contributed by atoms with Crippen molar-refractivity contribution in [3.8, 4) is 22.8 Å². The van der Waals surface area contributed by atoms with Crippen LogP contribution in [0.1, 0.15) is 36.8 Å². The van der Waals surface area contributed by atoms with Crippen molar-refractivity contribution in [1.82, 2.24) is 19.5 Å². The summed E-state index contributed by atoms with van der Waals surface area (Å²) in [6.07, 6.45) is 6.01. The third-order valence-electron chi connectivity index (χ3n) is 6.13. The van der Waals surface area contributed by atoms with E-state index in [1.165, 1.54) is 0 Å². The second-order valence-electron chi connectivity index (χ2n) is 8.14. The molecule has 1 saturated carbocycles. The van der Waals surface area contributed by atoms with Crippen molar-refractivity contribution < 1.29 is 9.47 Å². The highest BCUT2D eigenvalue weighted by molar-refractivity contribution is 5.67. The lowest BCUT2D eigenvalue weighted by molar-refractivity contribution is 0.280. The number of nitrogens with zero attached hydrogens (tertiary/aromatic N) is 4. The molecule has 162 valence electrons. The zero-order valence-corrected chi connectivity index (χ0v) is 18.6. The number of hydrogen-bond acceptors (Lipinski definition) is 6. The van der Waals surface area contributed by atoms with Crippen LogP contribution in [0.25, 0.3) is 11.1 Å². The molecule has 3 aromatic heterocycles. The number of aromatic nitrogens is 4. The van der Waals surface area contributed by atoms with Gasteiger partial charge in [-0.3, -0.25) is 9.78 Å². The first-order valence-corrected chi connectivity index (χ1v) is 10.6. The molecule has 3 atom stereocenters. The Morgan fingerprint density at radius 2 is 2.00 bits per heavy atom. The van der Waals surface area contributed by atoms with Crippen molar-refractivity contribution in [2.75, 3.05) is 13.7 Å². The fraction of sp³-hybridized carbons (Fsp3) is 0.417. The first-order chi connectivity index (χ1) is 14.9. The van der Waals surface area contributed by atoms with Crippen LogP contribution in [0, 0.1) is 18.8 Å². The van der Waals surface area contributed by atoms with Gasteiger partial charge in [0.25, 0.3) is 5.56 Å². The largest absolute Gasteiger partial charge is 0.495 e. The topological polar surface area (TPSA) is 79.1 Å². The van der Waals surface area contributed by atoms with Gasteiger partial charge in [0.15, 0.2) is 0 Å². The first-order valence-electron chi connectivity index (χ1n) is 10.6. The molecule has 31 heavy (non-hydrogen) atoms. The lowest BCUT2D eigenvalue weighted by atomic mass is 10.1. The van der Waals surface area contributed by atoms with E-state index >= 15 is 0 Å². The van der Waals surface area contributed by atoms with Gasteiger partial charge in [0, 0.05) is 48.1 Å². The lowest BCUT2D eigenvalue weighted by Crippen LogP contribution is -2.20. The Labute approximate surface area is 182 Å². The molecule has 0 saturated heterocycles. The van der Waals surface area contributed by atoms with Gasteiger partial charge in [0.2, 0.25) is 5.88 Å². The van der Waals surface area contributed by atoms with Crippen LogP contribution in [0.5, 0.6) is 11.6 Å². The van der Waals surface area contributed by atoms with Gasteiger partial charge >= 0.3 is 0 Å². The van der Waals surface area contributed by atoms with Crippen LogP contribution in [-0.2, 0) is 13.5 Å². The van der Waals surface area contributed by atoms with Gasteiger partial charge in [0.1, 0.15) is 11.6 Å². The van der Waals surface area contributed by atoms with Crippen LogP contribution in [-0.4, -0.2) is 33.2 Å². The number of rotatable bonds is 7. The minimum atomic E-state index is 0.0170. The summed E-state index contributed by atoms with van der Waals surface area (Å²) >= 11 is 0. The quantitative estimate of drug-likeness (QED) is 0.582. The summed E-state index contributed by atoms with van der Waals surface area (Å²) in [6, 6.07) is 5.88. The molecule has 0 N–H and O–H groups in total. The van der Waals surface area contributed by atoms with E-state index in [4.69, 9.17) is 9.47 Å². The number of pyridine rings is 2. The smallest absolute Gasteiger partial charge is 0.253 e. The Hall–Kier alpha value is -3.22. The number of hydrogen-bond donors (Lipinski definition) is 0. The molecule has 4 rings (SSSR count). The van der Waals surface area contributed by atoms with Crippen molar-refractivity contribution in [3.63, 3.8) is 0 Å². The minimum Gasteiger partial charge on any atom is -0.495 e. The van der Waals surface area contributed by atoms with Crippen molar-refractivity contribution in [1.29, 1.82) is 0 Å². The molecule has 3 aromatic rings. The Morgan fingerprint density at radius 1 is 1.19 bits per heavy atom. The molecule has 1 aliphatic rings. The molecule has 3 unspecified atom stereocenters. The van der Waals surface area contributed by atoms with E-state index in [9.17, 15) is 4.79 Å². The van der Waals surface area contributed by atoms with Gasteiger partial charge in [-0.2, -0.15) is 4.98 Å². The van der Waals surface area contributed by atoms with Crippen molar-refractivity contribution in [3.05, 3.63) is 64.2 Å². The summed E-state index contributed by atoms with van der Waals surface area (Å²) in [5.41, 5.74) is 3.51. The minimum absolute atomic E-state index is 0.0170. The highest BCUT2D eigenvalue weighted by Crippen LogP contribution is 2.53. The molecule has 1 fully saturated rings. The first kappa shape index (κ1) is 21.0. The molecular formula is C24H28N4O3. The van der Waals surface area contributed by atoms with Crippen LogP contribution in [0.3, 0.4) is 0 Å². The Balaban J connectivity index is 1.55. The second-order valence-corrected chi connectivity index (χ2v) is 8.14. The van der Waals surface area contributed by atoms with Crippen LogP contribution in [0.4, 0.5) is 0 Å². The molecular weight excluding hydrogens is 392 g/mol. The van der Waals surface area contributed by atoms with E-state index in [0.717, 1.165) is 28.1 Å². The van der Waals surface area contributed by atoms with Gasteiger partial charge < -0.3 is 14.0 Å². The molecule has 0 aliphatic heterocycles. The SMILES string of the molecule is CCc1cc(-c2cnc(C)nc2OCC2C(C)C2c2ccc(OC)cn2)cn(C)c1=O. The summed E-state index contributed by atoms with van der Waals surface area (Å²) in [4.78, 5) is 25.7. The lowest BCUT2D eigenvalue weighted by Gasteiger charge is -2.13. The molecule has 3 heterocycles. The average molecular weight is 421 g/mol. The molecule has 0 amide bonds. The summed E-state index contributed by atoms with van der Waals surface area (Å²) in [5, 5.41) is 0. The monoisotopic (exact) mass is 420 g/mol. The van der Waals surface area contributed by atoms with Crippen molar-refractivity contribution in [2.45, 2.75) is 33.1 Å². The standard InChI is InChI=1S/C24H28N4O3/c1-6-16-9-17(12-28(4)24(16)29)19-11-25-15(3)27-23(19)31-13-20-14(2)22(20)21-8-7-18(30-5)10-26-21/h7-12,14,20,22H,6,13H2,1-5H3. The Kier molecular flexibility index (Phi) is 5.76. The number of methoxy groups -OCH3 is 1. The zero-order valence-electron chi connectivity index (χ0n) is 18.6. The third kappa shape index (κ3) is 4.17. The molecule has 0 radical (unpaired) electrons. The summed E-state index contributed by atoms with van der Waals surface area (Å²) < 4.78 is 13.0. The predicted molar refractivity (Wildman–Crippen MR) is 119 cm³/mol. The van der Waals surface area contributed by atoms with Gasteiger partial charge in [-0.25, -0.2) is 4.98 Å². The van der Waals surface area contributed by atoms with E-state index in [1.54, 1.807) is 31.1 Å². The van der Waals surface area contributed by atoms with Crippen LogP contribution in [0.2, 0.25) is 0 Å². The van der Waals surface area contributed by atoms with Crippen molar-refractivity contribution in [2.24, 2.45) is 18.9 Å². The summed E-state index contributed by atoms with van der Waals surface area (Å²) in [6.45, 7) is 6.59. The Morgan fingerprint density at radius 3 is 2.68 bits per heavy atom. The van der Waals surface area contributed by atoms with Gasteiger partial charge in [-0.15, -0.1) is 0 Å². The fourth-order valence-electron chi connectivity index (χ4n) is 4.11. The third-order valence-corrected chi connectivity index (χ3v) is 6.13. The average Bonchev–Trinajstić information content (AvgIpc) is 3.43. The number of ether oxygens (including phenoxy) is 2. The highest BCUT2D eigenvalue weighted by Gasteiger charge is 2.49. The maximum atomic E-state index is 12.3. The second kappa shape index (κ2) is 8.49. The summed E-state index contributed by atoms with van der Waals surface area (Å²) in [7, 11) is 3.40.